The minimum atomic E-state index is -1.53. The van der Waals surface area contributed by atoms with E-state index in [1.165, 1.54) is 11.1 Å². The Hall–Kier alpha value is -9.38. The Balaban J connectivity index is 1.04. The van der Waals surface area contributed by atoms with Crippen molar-refractivity contribution in [2.45, 2.75) is 51.3 Å². The summed E-state index contributed by atoms with van der Waals surface area (Å²) in [4.78, 5) is 10.8. The van der Waals surface area contributed by atoms with Gasteiger partial charge in [-0.15, -0.1) is 0 Å². The van der Waals surface area contributed by atoms with Gasteiger partial charge in [0, 0.05) is 36.6 Å². The van der Waals surface area contributed by atoms with Crippen molar-refractivity contribution in [1.82, 2.24) is 14.5 Å². The van der Waals surface area contributed by atoms with Crippen LogP contribution in [0.4, 0.5) is 0 Å². The van der Waals surface area contributed by atoms with Crippen LogP contribution in [0.25, 0.3) is 106 Å². The third-order valence-electron chi connectivity index (χ3n) is 16.1. The molecule has 0 aliphatic heterocycles. The molecule has 0 amide bonds. The smallest absolute Gasteiger partial charge is 0.149 e. The van der Waals surface area contributed by atoms with Crippen LogP contribution in [0.15, 0.2) is 261 Å². The molecule has 4 heteroatoms. The van der Waals surface area contributed by atoms with Crippen molar-refractivity contribution in [1.29, 1.82) is 0 Å². The van der Waals surface area contributed by atoms with Crippen LogP contribution in [0.5, 0.6) is 5.75 Å². The molecule has 1 fully saturated rings. The van der Waals surface area contributed by atoms with Gasteiger partial charge in [-0.25, -0.2) is 4.98 Å². The van der Waals surface area contributed by atoms with Gasteiger partial charge >= 0.3 is 0 Å². The fraction of sp³-hybridized carbons (Fsp3) is 0.120. The van der Waals surface area contributed by atoms with Crippen molar-refractivity contribution < 1.29 is 7.85 Å². The van der Waals surface area contributed by atoms with Crippen LogP contribution >= 0.6 is 0 Å². The van der Waals surface area contributed by atoms with Crippen molar-refractivity contribution in [2.75, 3.05) is 0 Å². The fourth-order valence-corrected chi connectivity index (χ4v) is 11.8. The zero-order chi connectivity index (χ0) is 55.1. The molecule has 0 bridgehead atoms. The summed E-state index contributed by atoms with van der Waals surface area (Å²) in [6.07, 6.45) is 4.20. The SMILES string of the molecule is [2H]C([2H])(c1ccc(-n2c(-c3cc(-c4ccccc4)cc(-c4ccccc4)c3O)nc3c(-c4cc(-c5ccccc5)cc(-c5cc(-c6cccc(C(C)(C)c7ccccc7)c6)ccn5)c4)cccc32)c(-c2ccccc2)c1)C1CCCC1. The van der Waals surface area contributed by atoms with Crippen molar-refractivity contribution in [3.05, 3.63) is 278 Å². The highest BCUT2D eigenvalue weighted by molar-refractivity contribution is 5.99. The lowest BCUT2D eigenvalue weighted by molar-refractivity contribution is 0.479. The first-order valence-electron chi connectivity index (χ1n) is 28.6. The Morgan fingerprint density at radius 1 is 0.456 bits per heavy atom. The number of phenolic OH excluding ortho intramolecular Hbond substituents is 1. The molecule has 12 aromatic rings. The molecule has 4 nitrogen and oxygen atoms in total. The summed E-state index contributed by atoms with van der Waals surface area (Å²) >= 11 is 0. The van der Waals surface area contributed by atoms with E-state index in [4.69, 9.17) is 9.97 Å². The molecule has 10 aromatic carbocycles. The Labute approximate surface area is 466 Å². The molecule has 382 valence electrons. The number of hydrogen-bond acceptors (Lipinski definition) is 3. The van der Waals surface area contributed by atoms with E-state index in [0.29, 0.717) is 22.5 Å². The Morgan fingerprint density at radius 2 is 1.00 bits per heavy atom. The predicted molar refractivity (Wildman–Crippen MR) is 328 cm³/mol. The lowest BCUT2D eigenvalue weighted by Gasteiger charge is -2.26. The lowest BCUT2D eigenvalue weighted by atomic mass is 9.77. The van der Waals surface area contributed by atoms with E-state index >= 15 is 0 Å². The summed E-state index contributed by atoms with van der Waals surface area (Å²) in [5, 5.41) is 12.9. The molecule has 2 heterocycles. The first-order chi connectivity index (χ1) is 39.6. The van der Waals surface area contributed by atoms with E-state index in [9.17, 15) is 7.85 Å². The molecular weight excluding hydrogens is 959 g/mol. The molecule has 13 rings (SSSR count). The number of hydrogen-bond donors (Lipinski definition) is 1. The van der Waals surface area contributed by atoms with Crippen molar-refractivity contribution in [3.63, 3.8) is 0 Å². The van der Waals surface area contributed by atoms with Crippen LogP contribution in [-0.2, 0) is 11.8 Å². The molecule has 2 aromatic heterocycles. The second kappa shape index (κ2) is 21.2. The minimum absolute atomic E-state index is 0.0639. The Kier molecular flexibility index (Phi) is 12.6. The lowest BCUT2D eigenvalue weighted by Crippen LogP contribution is -2.18. The molecule has 0 atom stereocenters. The van der Waals surface area contributed by atoms with E-state index in [2.05, 4.69) is 194 Å². The Morgan fingerprint density at radius 3 is 1.68 bits per heavy atom. The number of aromatic nitrogens is 3. The quantitative estimate of drug-likeness (QED) is 0.125. The van der Waals surface area contributed by atoms with Gasteiger partial charge < -0.3 is 5.11 Å². The highest BCUT2D eigenvalue weighted by Crippen LogP contribution is 2.46. The summed E-state index contributed by atoms with van der Waals surface area (Å²) in [6, 6.07) is 88.3. The van der Waals surface area contributed by atoms with Gasteiger partial charge in [0.1, 0.15) is 11.6 Å². The van der Waals surface area contributed by atoms with Crippen molar-refractivity contribution in [3.8, 4) is 101 Å². The van der Waals surface area contributed by atoms with Gasteiger partial charge in [0.15, 0.2) is 0 Å². The van der Waals surface area contributed by atoms with Gasteiger partial charge in [-0.05, 0) is 140 Å². The molecule has 1 saturated carbocycles. The van der Waals surface area contributed by atoms with Crippen LogP contribution in [0.2, 0.25) is 0 Å². The second-order valence-electron chi connectivity index (χ2n) is 21.5. The van der Waals surface area contributed by atoms with Crippen LogP contribution < -0.4 is 0 Å². The van der Waals surface area contributed by atoms with Crippen molar-refractivity contribution >= 4 is 11.0 Å². The third-order valence-corrected chi connectivity index (χ3v) is 16.1. The molecule has 1 aliphatic rings. The monoisotopic (exact) mass is 1020 g/mol. The molecule has 0 unspecified atom stereocenters. The Bertz CT molecular complexity index is 4230. The number of rotatable bonds is 13. The molecule has 1 N–H and O–H groups in total. The van der Waals surface area contributed by atoms with Crippen molar-refractivity contribution in [2.24, 2.45) is 5.92 Å². The summed E-state index contributed by atoms with van der Waals surface area (Å²) in [6.45, 7) is 4.57. The molecule has 79 heavy (non-hydrogen) atoms. The van der Waals surface area contributed by atoms with Crippen LogP contribution in [0, 0.1) is 5.92 Å². The highest BCUT2D eigenvalue weighted by Gasteiger charge is 2.27. The first-order valence-corrected chi connectivity index (χ1v) is 27.6. The number of pyridine rings is 1. The number of imidazole rings is 1. The summed E-state index contributed by atoms with van der Waals surface area (Å²) in [5.74, 6) is 0.606. The topological polar surface area (TPSA) is 50.9 Å². The third kappa shape index (κ3) is 9.76. The zero-order valence-electron chi connectivity index (χ0n) is 46.5. The van der Waals surface area contributed by atoms with Crippen LogP contribution in [0.3, 0.4) is 0 Å². The standard InChI is InChI=1S/C75H61N3O/c1-75(2,63-33-16-7-17-34-63)64-35-20-32-57(47-64)58-40-41-76-69(50-58)62-45-59(53-24-8-3-9-25-53)44-61(46-62)65-36-21-37-71-72(65)77-74(68-49-60(54-26-10-4-11-27-54)48-67(73(68)79)56-30-14-6-15-31-56)78(71)70-39-38-52(42-51-22-18-19-23-51)43-66(70)55-28-12-5-13-29-55/h3-17,20-21,24-41,43-51,79H,18-19,22-23,42H2,1-2H3/i42D2. The molecule has 1 aliphatic carbocycles. The van der Waals surface area contributed by atoms with E-state index in [1.54, 1.807) is 0 Å². The second-order valence-corrected chi connectivity index (χ2v) is 21.5. The number of benzene rings is 10. The normalized spacial score (nSPS) is 13.3. The van der Waals surface area contributed by atoms with E-state index in [-0.39, 0.29) is 17.1 Å². The molecule has 0 saturated heterocycles. The highest BCUT2D eigenvalue weighted by atomic mass is 16.3. The largest absolute Gasteiger partial charge is 0.507 e. The number of nitrogens with zero attached hydrogens (tertiary/aromatic N) is 3. The van der Waals surface area contributed by atoms with E-state index in [1.807, 2.05) is 85.1 Å². The first kappa shape index (κ1) is 46.9. The minimum Gasteiger partial charge on any atom is -0.507 e. The van der Waals surface area contributed by atoms with Gasteiger partial charge in [0.25, 0.3) is 0 Å². The van der Waals surface area contributed by atoms with Gasteiger partial charge in [-0.3, -0.25) is 9.55 Å². The summed E-state index contributed by atoms with van der Waals surface area (Å²) in [7, 11) is 0. The fourth-order valence-electron chi connectivity index (χ4n) is 11.8. The average molecular weight is 1020 g/mol. The molecule has 0 spiro atoms. The van der Waals surface area contributed by atoms with Gasteiger partial charge in [0.2, 0.25) is 0 Å². The predicted octanol–water partition coefficient (Wildman–Crippen LogP) is 19.5. The maximum atomic E-state index is 12.9. The van der Waals surface area contributed by atoms with Gasteiger partial charge in [0.05, 0.1) is 28.0 Å². The van der Waals surface area contributed by atoms with Crippen LogP contribution in [0.1, 0.15) is 59.0 Å². The average Bonchev–Trinajstić information content (AvgIpc) is 4.15. The molecule has 0 radical (unpaired) electrons. The number of para-hydroxylation sites is 1. The maximum absolute atomic E-state index is 12.9. The van der Waals surface area contributed by atoms with Crippen LogP contribution in [-0.4, -0.2) is 19.6 Å². The number of phenols is 1. The molecular formula is C75H61N3O. The zero-order valence-corrected chi connectivity index (χ0v) is 44.5. The number of fused-ring (bicyclic) bond motifs is 1. The number of aromatic hydroxyl groups is 1. The van der Waals surface area contributed by atoms with Gasteiger partial charge in [-0.1, -0.05) is 234 Å². The summed E-state index contributed by atoms with van der Waals surface area (Å²) in [5.41, 5.74) is 19.3. The van der Waals surface area contributed by atoms with Gasteiger partial charge in [-0.2, -0.15) is 0 Å². The van der Waals surface area contributed by atoms with E-state index in [0.717, 1.165) is 115 Å². The summed E-state index contributed by atoms with van der Waals surface area (Å²) < 4.78 is 21.4. The van der Waals surface area contributed by atoms with E-state index < -0.39 is 6.37 Å². The maximum Gasteiger partial charge on any atom is 0.149 e.